The zero-order valence-corrected chi connectivity index (χ0v) is 18.9. The summed E-state index contributed by atoms with van der Waals surface area (Å²) in [6, 6.07) is 0. The number of nitrogens with one attached hydrogen (secondary N) is 1. The predicted octanol–water partition coefficient (Wildman–Crippen LogP) is 3.12. The van der Waals surface area contributed by atoms with Crippen LogP contribution in [0.15, 0.2) is 4.99 Å². The van der Waals surface area contributed by atoms with Crippen LogP contribution < -0.4 is 5.32 Å². The van der Waals surface area contributed by atoms with Gasteiger partial charge >= 0.3 is 0 Å². The maximum absolute atomic E-state index is 6.18. The van der Waals surface area contributed by atoms with E-state index in [0.29, 0.717) is 12.2 Å². The Morgan fingerprint density at radius 2 is 1.83 bits per heavy atom. The molecule has 29 heavy (non-hydrogen) atoms. The molecule has 3 rings (SSSR count). The smallest absolute Gasteiger partial charge is 0.193 e. The van der Waals surface area contributed by atoms with Gasteiger partial charge in [-0.3, -0.25) is 4.99 Å². The van der Waals surface area contributed by atoms with E-state index in [1.165, 1.54) is 51.7 Å². The van der Waals surface area contributed by atoms with Crippen molar-refractivity contribution in [3.8, 4) is 0 Å². The van der Waals surface area contributed by atoms with Crippen molar-refractivity contribution < 1.29 is 9.47 Å². The predicted molar refractivity (Wildman–Crippen MR) is 120 cm³/mol. The van der Waals surface area contributed by atoms with Crippen LogP contribution in [0.3, 0.4) is 0 Å². The van der Waals surface area contributed by atoms with Crippen LogP contribution in [-0.4, -0.2) is 87.0 Å². The lowest BCUT2D eigenvalue weighted by atomic mass is 9.97. The molecule has 3 heterocycles. The number of likely N-dealkylation sites (tertiary alicyclic amines) is 2. The highest BCUT2D eigenvalue weighted by atomic mass is 16.5. The molecular formula is C23H44N4O2. The molecule has 0 aliphatic carbocycles. The van der Waals surface area contributed by atoms with Crippen molar-refractivity contribution in [3.63, 3.8) is 0 Å². The highest BCUT2D eigenvalue weighted by Crippen LogP contribution is 2.20. The molecule has 0 bridgehead atoms. The number of nitrogens with zero attached hydrogens (tertiary/aromatic N) is 3. The van der Waals surface area contributed by atoms with E-state index in [1.54, 1.807) is 0 Å². The average Bonchev–Trinajstić information content (AvgIpc) is 2.77. The number of piperidine rings is 2. The summed E-state index contributed by atoms with van der Waals surface area (Å²) in [4.78, 5) is 10.1. The van der Waals surface area contributed by atoms with E-state index in [9.17, 15) is 0 Å². The Bertz CT molecular complexity index is 465. The minimum absolute atomic E-state index is 0.324. The average molecular weight is 409 g/mol. The lowest BCUT2D eigenvalue weighted by molar-refractivity contribution is -0.0721. The number of rotatable bonds is 8. The minimum atomic E-state index is 0.324. The first-order valence-corrected chi connectivity index (χ1v) is 12.3. The van der Waals surface area contributed by atoms with Crippen molar-refractivity contribution in [3.05, 3.63) is 0 Å². The van der Waals surface area contributed by atoms with Crippen LogP contribution in [0.1, 0.15) is 65.2 Å². The van der Waals surface area contributed by atoms with Gasteiger partial charge in [0.25, 0.3) is 0 Å². The number of ether oxygens (including phenoxy) is 2. The fourth-order valence-corrected chi connectivity index (χ4v) is 4.77. The summed E-state index contributed by atoms with van der Waals surface area (Å²) in [5, 5.41) is 3.52. The van der Waals surface area contributed by atoms with E-state index in [0.717, 1.165) is 70.5 Å². The summed E-state index contributed by atoms with van der Waals surface area (Å²) in [6.45, 7) is 13.9. The molecule has 0 saturated carbocycles. The Hall–Kier alpha value is -0.850. The molecule has 0 aromatic heterocycles. The standard InChI is InChI=1S/C23H44N4O2/c1-3-12-26-13-8-20(9-14-26)18-25-23(24-4-2)27-15-10-21(11-16-27)29-19-22-7-5-6-17-28-22/h20-22H,3-19H2,1-2H3,(H,24,25). The molecule has 0 aromatic carbocycles. The third-order valence-corrected chi connectivity index (χ3v) is 6.61. The van der Waals surface area contributed by atoms with Gasteiger partial charge in [0.05, 0.1) is 18.8 Å². The second kappa shape index (κ2) is 12.8. The van der Waals surface area contributed by atoms with Crippen molar-refractivity contribution in [2.75, 3.05) is 59.0 Å². The molecule has 1 unspecified atom stereocenters. The van der Waals surface area contributed by atoms with Crippen molar-refractivity contribution in [1.29, 1.82) is 0 Å². The van der Waals surface area contributed by atoms with E-state index in [1.807, 2.05) is 0 Å². The highest BCUT2D eigenvalue weighted by Gasteiger charge is 2.24. The topological polar surface area (TPSA) is 49.3 Å². The van der Waals surface area contributed by atoms with Gasteiger partial charge in [0, 0.05) is 32.8 Å². The van der Waals surface area contributed by atoms with E-state index < -0.39 is 0 Å². The van der Waals surface area contributed by atoms with Gasteiger partial charge in [-0.25, -0.2) is 0 Å². The molecule has 3 saturated heterocycles. The van der Waals surface area contributed by atoms with Crippen LogP contribution in [0.2, 0.25) is 0 Å². The monoisotopic (exact) mass is 408 g/mol. The summed E-state index contributed by atoms with van der Waals surface area (Å²) in [5.74, 6) is 1.85. The molecule has 0 radical (unpaired) electrons. The highest BCUT2D eigenvalue weighted by molar-refractivity contribution is 5.80. The van der Waals surface area contributed by atoms with Crippen LogP contribution >= 0.6 is 0 Å². The maximum atomic E-state index is 6.18. The molecule has 3 aliphatic rings. The van der Waals surface area contributed by atoms with E-state index in [4.69, 9.17) is 14.5 Å². The van der Waals surface area contributed by atoms with E-state index in [2.05, 4.69) is 29.0 Å². The Morgan fingerprint density at radius 1 is 1.03 bits per heavy atom. The van der Waals surface area contributed by atoms with Crippen LogP contribution in [0, 0.1) is 5.92 Å². The van der Waals surface area contributed by atoms with Crippen LogP contribution in [-0.2, 0) is 9.47 Å². The molecule has 1 N–H and O–H groups in total. The van der Waals surface area contributed by atoms with Crippen molar-refractivity contribution in [2.45, 2.75) is 77.4 Å². The molecular weight excluding hydrogens is 364 g/mol. The van der Waals surface area contributed by atoms with Crippen molar-refractivity contribution in [1.82, 2.24) is 15.1 Å². The molecule has 3 aliphatic heterocycles. The molecule has 0 spiro atoms. The molecule has 6 nitrogen and oxygen atoms in total. The summed E-state index contributed by atoms with van der Waals surface area (Å²) < 4.78 is 12.0. The van der Waals surface area contributed by atoms with E-state index in [-0.39, 0.29) is 0 Å². The Labute approximate surface area is 178 Å². The van der Waals surface area contributed by atoms with Gasteiger partial charge in [0.1, 0.15) is 0 Å². The lowest BCUT2D eigenvalue weighted by Gasteiger charge is -2.35. The molecule has 168 valence electrons. The van der Waals surface area contributed by atoms with Gasteiger partial charge < -0.3 is 24.6 Å². The van der Waals surface area contributed by atoms with Gasteiger partial charge in [-0.05, 0) is 83.8 Å². The third-order valence-electron chi connectivity index (χ3n) is 6.61. The first kappa shape index (κ1) is 22.8. The first-order chi connectivity index (χ1) is 14.3. The summed E-state index contributed by atoms with van der Waals surface area (Å²) >= 11 is 0. The fraction of sp³-hybridized carbons (Fsp3) is 0.957. The van der Waals surface area contributed by atoms with Gasteiger partial charge in [-0.1, -0.05) is 6.92 Å². The second-order valence-electron chi connectivity index (χ2n) is 8.99. The maximum Gasteiger partial charge on any atom is 0.193 e. The molecule has 0 amide bonds. The molecule has 1 atom stereocenters. The Balaban J connectivity index is 1.38. The third kappa shape index (κ3) is 7.72. The SMILES string of the molecule is CCCN1CCC(CN=C(NCC)N2CCC(OCC3CCCCO3)CC2)CC1. The van der Waals surface area contributed by atoms with Crippen LogP contribution in [0.25, 0.3) is 0 Å². The van der Waals surface area contributed by atoms with Gasteiger partial charge in [-0.2, -0.15) is 0 Å². The second-order valence-corrected chi connectivity index (χ2v) is 8.99. The summed E-state index contributed by atoms with van der Waals surface area (Å²) in [5.41, 5.74) is 0. The van der Waals surface area contributed by atoms with Crippen molar-refractivity contribution >= 4 is 5.96 Å². The van der Waals surface area contributed by atoms with E-state index >= 15 is 0 Å². The quantitative estimate of drug-likeness (QED) is 0.494. The Kier molecular flexibility index (Phi) is 10.0. The summed E-state index contributed by atoms with van der Waals surface area (Å²) in [7, 11) is 0. The number of hydrogen-bond donors (Lipinski definition) is 1. The first-order valence-electron chi connectivity index (χ1n) is 12.3. The molecule has 6 heteroatoms. The van der Waals surface area contributed by atoms with Gasteiger partial charge in [-0.15, -0.1) is 0 Å². The number of hydrogen-bond acceptors (Lipinski definition) is 4. The van der Waals surface area contributed by atoms with Gasteiger partial charge in [0.15, 0.2) is 5.96 Å². The van der Waals surface area contributed by atoms with Gasteiger partial charge in [0.2, 0.25) is 0 Å². The normalized spacial score (nSPS) is 26.1. The molecule has 3 fully saturated rings. The fourth-order valence-electron chi connectivity index (χ4n) is 4.77. The summed E-state index contributed by atoms with van der Waals surface area (Å²) in [6.07, 6.45) is 10.4. The number of guanidine groups is 1. The lowest BCUT2D eigenvalue weighted by Crippen LogP contribution is -2.47. The van der Waals surface area contributed by atoms with Crippen molar-refractivity contribution in [2.24, 2.45) is 10.9 Å². The van der Waals surface area contributed by atoms with Crippen LogP contribution in [0.4, 0.5) is 0 Å². The minimum Gasteiger partial charge on any atom is -0.376 e. The van der Waals surface area contributed by atoms with Crippen LogP contribution in [0.5, 0.6) is 0 Å². The zero-order chi connectivity index (χ0) is 20.3. The molecule has 0 aromatic rings. The zero-order valence-electron chi connectivity index (χ0n) is 18.9. The Morgan fingerprint density at radius 3 is 2.48 bits per heavy atom. The number of aliphatic imine (C=N–C) groups is 1. The largest absolute Gasteiger partial charge is 0.376 e.